The summed E-state index contributed by atoms with van der Waals surface area (Å²) in [6.07, 6.45) is 2.25. The zero-order valence-electron chi connectivity index (χ0n) is 22.0. The van der Waals surface area contributed by atoms with E-state index in [0.717, 1.165) is 37.3 Å². The maximum atomic E-state index is 13.2. The highest BCUT2D eigenvalue weighted by atomic mass is 16.2. The minimum Gasteiger partial charge on any atom is -0.369 e. The molecule has 0 aliphatic carbocycles. The molecule has 2 N–H and O–H groups in total. The summed E-state index contributed by atoms with van der Waals surface area (Å²) in [5.74, 6) is 0.662. The van der Waals surface area contributed by atoms with Gasteiger partial charge in [-0.3, -0.25) is 4.79 Å². The van der Waals surface area contributed by atoms with Crippen LogP contribution in [0.4, 0.5) is 11.5 Å². The summed E-state index contributed by atoms with van der Waals surface area (Å²) in [5, 5.41) is 15.6. The molecule has 1 aliphatic rings. The first kappa shape index (κ1) is 26.4. The summed E-state index contributed by atoms with van der Waals surface area (Å²) in [6.45, 7) is 15.4. The number of hydrogen-bond acceptors (Lipinski definition) is 7. The van der Waals surface area contributed by atoms with Gasteiger partial charge >= 0.3 is 0 Å². The van der Waals surface area contributed by atoms with Crippen molar-refractivity contribution in [3.05, 3.63) is 47.4 Å². The van der Waals surface area contributed by atoms with Gasteiger partial charge in [-0.05, 0) is 36.6 Å². The first-order chi connectivity index (χ1) is 16.5. The van der Waals surface area contributed by atoms with Crippen LogP contribution in [0.25, 0.3) is 0 Å². The summed E-state index contributed by atoms with van der Waals surface area (Å²) in [7, 11) is 2.16. The number of nitrogens with one attached hydrogen (secondary N) is 2. The maximum Gasteiger partial charge on any atom is 0.234 e. The van der Waals surface area contributed by atoms with E-state index in [4.69, 9.17) is 0 Å². The topological polar surface area (TPSA) is 97.2 Å². The van der Waals surface area contributed by atoms with Gasteiger partial charge in [0.1, 0.15) is 11.9 Å². The van der Waals surface area contributed by atoms with E-state index in [1.54, 1.807) is 6.20 Å². The van der Waals surface area contributed by atoms with Crippen molar-refractivity contribution in [2.45, 2.75) is 47.6 Å². The van der Waals surface area contributed by atoms with Crippen LogP contribution in [0.5, 0.6) is 0 Å². The normalized spacial score (nSPS) is 14.9. The number of carbonyl (C=O) groups excluding carboxylic acids is 1. The number of rotatable bonds is 8. The predicted octanol–water partition coefficient (Wildman–Crippen LogP) is 3.44. The van der Waals surface area contributed by atoms with Crippen molar-refractivity contribution in [3.8, 4) is 6.07 Å². The first-order valence-corrected chi connectivity index (χ1v) is 12.3. The lowest BCUT2D eigenvalue weighted by Crippen LogP contribution is -2.44. The molecule has 1 amide bonds. The third kappa shape index (κ3) is 7.66. The highest BCUT2D eigenvalue weighted by Gasteiger charge is 2.28. The minimum atomic E-state index is -0.590. The Labute approximate surface area is 209 Å². The van der Waals surface area contributed by atoms with E-state index in [-0.39, 0.29) is 17.1 Å². The molecule has 1 aromatic carbocycles. The Bertz CT molecular complexity index is 1060. The number of anilines is 2. The lowest BCUT2D eigenvalue weighted by atomic mass is 9.84. The Hall–Kier alpha value is -3.18. The Kier molecular flexibility index (Phi) is 8.34. The Morgan fingerprint density at radius 2 is 1.86 bits per heavy atom. The Morgan fingerprint density at radius 3 is 2.51 bits per heavy atom. The molecule has 1 aliphatic heterocycles. The van der Waals surface area contributed by atoms with Crippen LogP contribution in [-0.2, 0) is 17.8 Å². The van der Waals surface area contributed by atoms with E-state index in [0.29, 0.717) is 25.3 Å². The zero-order chi connectivity index (χ0) is 25.6. The van der Waals surface area contributed by atoms with Crippen LogP contribution in [0.3, 0.4) is 0 Å². The Morgan fingerprint density at radius 1 is 1.14 bits per heavy atom. The quantitative estimate of drug-likeness (QED) is 0.601. The minimum absolute atomic E-state index is 0.0337. The summed E-state index contributed by atoms with van der Waals surface area (Å²) >= 11 is 0. The second-order valence-corrected chi connectivity index (χ2v) is 11.3. The van der Waals surface area contributed by atoms with Gasteiger partial charge in [-0.2, -0.15) is 5.26 Å². The van der Waals surface area contributed by atoms with Gasteiger partial charge in [0.25, 0.3) is 0 Å². The Balaban J connectivity index is 1.65. The van der Waals surface area contributed by atoms with Gasteiger partial charge in [0.2, 0.25) is 11.7 Å². The van der Waals surface area contributed by atoms with E-state index in [2.05, 4.69) is 82.5 Å². The van der Waals surface area contributed by atoms with E-state index in [9.17, 15) is 10.1 Å². The van der Waals surface area contributed by atoms with Crippen LogP contribution in [-0.4, -0.2) is 60.5 Å². The van der Waals surface area contributed by atoms with Gasteiger partial charge in [-0.15, -0.1) is 0 Å². The fraction of sp³-hybridized carbons (Fsp3) is 0.556. The summed E-state index contributed by atoms with van der Waals surface area (Å²) in [4.78, 5) is 26.3. The number of likely N-dealkylation sites (N-methyl/N-ethyl adjacent to an activating group) is 1. The number of hydrogen-bond donors (Lipinski definition) is 2. The molecule has 0 saturated carbocycles. The molecule has 0 bridgehead atoms. The number of carbonyl (C=O) groups is 1. The number of amides is 1. The number of piperazine rings is 1. The van der Waals surface area contributed by atoms with Crippen LogP contribution >= 0.6 is 0 Å². The van der Waals surface area contributed by atoms with E-state index >= 15 is 0 Å². The second-order valence-electron chi connectivity index (χ2n) is 11.3. The van der Waals surface area contributed by atoms with Crippen LogP contribution < -0.4 is 15.5 Å². The molecule has 1 aromatic heterocycles. The molecule has 188 valence electrons. The van der Waals surface area contributed by atoms with Crippen molar-refractivity contribution < 1.29 is 4.79 Å². The zero-order valence-corrected chi connectivity index (χ0v) is 22.0. The average Bonchev–Trinajstić information content (AvgIpc) is 2.81. The van der Waals surface area contributed by atoms with Crippen molar-refractivity contribution in [2.24, 2.45) is 10.8 Å². The largest absolute Gasteiger partial charge is 0.369 e. The predicted molar refractivity (Wildman–Crippen MR) is 140 cm³/mol. The highest BCUT2D eigenvalue weighted by molar-refractivity contribution is 5.82. The molecule has 3 rings (SSSR count). The van der Waals surface area contributed by atoms with Crippen molar-refractivity contribution in [1.82, 2.24) is 20.2 Å². The molecule has 0 atom stereocenters. The number of benzene rings is 1. The van der Waals surface area contributed by atoms with Gasteiger partial charge in [-0.1, -0.05) is 46.8 Å². The summed E-state index contributed by atoms with van der Waals surface area (Å²) in [6, 6.07) is 10.5. The van der Waals surface area contributed by atoms with Gasteiger partial charge in [-0.25, -0.2) is 9.97 Å². The molecule has 2 aromatic rings. The lowest BCUT2D eigenvalue weighted by molar-refractivity contribution is -0.129. The van der Waals surface area contributed by atoms with Crippen LogP contribution in [0, 0.1) is 22.2 Å². The molecule has 0 unspecified atom stereocenters. The molecule has 0 spiro atoms. The molecular formula is C27H39N7O. The van der Waals surface area contributed by atoms with Gasteiger partial charge < -0.3 is 20.4 Å². The summed E-state index contributed by atoms with van der Waals surface area (Å²) < 4.78 is 0. The molecule has 35 heavy (non-hydrogen) atoms. The van der Waals surface area contributed by atoms with E-state index < -0.39 is 5.41 Å². The molecule has 0 radical (unpaired) electrons. The molecule has 8 heteroatoms. The molecule has 1 fully saturated rings. The molecular weight excluding hydrogens is 438 g/mol. The van der Waals surface area contributed by atoms with Crippen molar-refractivity contribution in [1.29, 1.82) is 5.26 Å². The third-order valence-electron chi connectivity index (χ3n) is 6.23. The smallest absolute Gasteiger partial charge is 0.234 e. The SMILES string of the molecule is CN1CCN(c2cccc(CC(C)(C)C(=O)NCc3cnc(C#N)nc3NCC(C)(C)C)c2)CC1. The molecule has 8 nitrogen and oxygen atoms in total. The summed E-state index contributed by atoms with van der Waals surface area (Å²) in [5.41, 5.74) is 2.58. The van der Waals surface area contributed by atoms with E-state index in [1.165, 1.54) is 5.69 Å². The second kappa shape index (κ2) is 11.0. The van der Waals surface area contributed by atoms with Gasteiger partial charge in [0, 0.05) is 62.1 Å². The third-order valence-corrected chi connectivity index (χ3v) is 6.23. The fourth-order valence-corrected chi connectivity index (χ4v) is 4.03. The van der Waals surface area contributed by atoms with Crippen molar-refractivity contribution in [3.63, 3.8) is 0 Å². The average molecular weight is 478 g/mol. The maximum absolute atomic E-state index is 13.2. The van der Waals surface area contributed by atoms with Crippen molar-refractivity contribution >= 4 is 17.4 Å². The number of aromatic nitrogens is 2. The number of nitriles is 1. The van der Waals surface area contributed by atoms with Gasteiger partial charge in [0.15, 0.2) is 0 Å². The highest BCUT2D eigenvalue weighted by Crippen LogP contribution is 2.26. The van der Waals surface area contributed by atoms with Crippen LogP contribution in [0.15, 0.2) is 30.5 Å². The van der Waals surface area contributed by atoms with E-state index in [1.807, 2.05) is 19.9 Å². The van der Waals surface area contributed by atoms with Crippen molar-refractivity contribution in [2.75, 3.05) is 50.0 Å². The standard InChI is InChI=1S/C27H39N7O/c1-26(2,3)19-31-24-21(17-29-23(16-28)32-24)18-30-25(35)27(4,5)15-20-8-7-9-22(14-20)34-12-10-33(6)11-13-34/h7-9,14,17H,10-13,15,18-19H2,1-6H3,(H,30,35)(H,29,31,32). The van der Waals surface area contributed by atoms with Crippen LogP contribution in [0.2, 0.25) is 0 Å². The monoisotopic (exact) mass is 477 g/mol. The van der Waals surface area contributed by atoms with Crippen LogP contribution in [0.1, 0.15) is 51.6 Å². The number of nitrogens with zero attached hydrogens (tertiary/aromatic N) is 5. The lowest BCUT2D eigenvalue weighted by Gasteiger charge is -2.34. The van der Waals surface area contributed by atoms with Gasteiger partial charge in [0.05, 0.1) is 0 Å². The molecule has 2 heterocycles. The fourth-order valence-electron chi connectivity index (χ4n) is 4.03. The molecule has 1 saturated heterocycles. The first-order valence-electron chi connectivity index (χ1n) is 12.3.